The summed E-state index contributed by atoms with van der Waals surface area (Å²) in [5.74, 6) is -0.832. The molecule has 3 rings (SSSR count). The predicted octanol–water partition coefficient (Wildman–Crippen LogP) is 4.17. The monoisotopic (exact) mass is 385 g/mol. The van der Waals surface area contributed by atoms with E-state index in [0.29, 0.717) is 27.6 Å². The second-order valence-electron chi connectivity index (χ2n) is 5.60. The van der Waals surface area contributed by atoms with E-state index in [-0.39, 0.29) is 17.6 Å². The summed E-state index contributed by atoms with van der Waals surface area (Å²) in [6, 6.07) is 11.1. The van der Waals surface area contributed by atoms with Crippen LogP contribution in [0.2, 0.25) is 0 Å². The van der Waals surface area contributed by atoms with Gasteiger partial charge in [0.25, 0.3) is 5.91 Å². The lowest BCUT2D eigenvalue weighted by molar-refractivity contribution is -0.114. The van der Waals surface area contributed by atoms with Crippen LogP contribution in [-0.2, 0) is 4.79 Å². The molecule has 0 atom stereocenters. The van der Waals surface area contributed by atoms with Crippen molar-refractivity contribution in [1.82, 2.24) is 4.98 Å². The molecule has 0 aliphatic heterocycles. The summed E-state index contributed by atoms with van der Waals surface area (Å²) in [5.41, 5.74) is 2.18. The lowest BCUT2D eigenvalue weighted by Gasteiger charge is -2.05. The number of carbonyl (C=O) groups is 2. The lowest BCUT2D eigenvalue weighted by atomic mass is 10.1. The van der Waals surface area contributed by atoms with Crippen LogP contribution in [0.15, 0.2) is 47.8 Å². The summed E-state index contributed by atoms with van der Waals surface area (Å²) < 4.78 is 18.7. The Morgan fingerprint density at radius 1 is 1.11 bits per heavy atom. The van der Waals surface area contributed by atoms with Crippen molar-refractivity contribution in [3.05, 3.63) is 59.2 Å². The molecule has 8 heteroatoms. The van der Waals surface area contributed by atoms with Gasteiger partial charge in [-0.2, -0.15) is 0 Å². The molecule has 0 bridgehead atoms. The molecule has 0 unspecified atom stereocenters. The van der Waals surface area contributed by atoms with Crippen LogP contribution in [0.25, 0.3) is 11.3 Å². The van der Waals surface area contributed by atoms with Gasteiger partial charge in [-0.05, 0) is 42.5 Å². The molecule has 0 fully saturated rings. The summed E-state index contributed by atoms with van der Waals surface area (Å²) in [7, 11) is 1.40. The Labute approximate surface area is 159 Å². The van der Waals surface area contributed by atoms with Crippen LogP contribution in [0.4, 0.5) is 15.2 Å². The summed E-state index contributed by atoms with van der Waals surface area (Å²) in [6.07, 6.45) is 0. The fourth-order valence-corrected chi connectivity index (χ4v) is 3.08. The zero-order valence-corrected chi connectivity index (χ0v) is 15.4. The Hall–Kier alpha value is -3.26. The zero-order chi connectivity index (χ0) is 19.4. The highest BCUT2D eigenvalue weighted by molar-refractivity contribution is 7.14. The molecule has 1 aromatic heterocycles. The van der Waals surface area contributed by atoms with E-state index >= 15 is 0 Å². The van der Waals surface area contributed by atoms with Gasteiger partial charge in [-0.3, -0.25) is 14.9 Å². The topological polar surface area (TPSA) is 80.3 Å². The fourth-order valence-electron chi connectivity index (χ4n) is 2.37. The first kappa shape index (κ1) is 18.5. The molecule has 3 aromatic rings. The van der Waals surface area contributed by atoms with E-state index in [0.717, 1.165) is 0 Å². The molecule has 0 spiro atoms. The summed E-state index contributed by atoms with van der Waals surface area (Å²) >= 11 is 1.24. The Kier molecular flexibility index (Phi) is 5.46. The van der Waals surface area contributed by atoms with Crippen LogP contribution >= 0.6 is 11.3 Å². The fraction of sp³-hybridized carbons (Fsp3) is 0.105. The SMILES string of the molecule is COc1ccc(-c2csc(NC(=O)c3ccc(NC(C)=O)cc3)n2)cc1F. The molecule has 2 aromatic carbocycles. The van der Waals surface area contributed by atoms with Gasteiger partial charge in [-0.15, -0.1) is 11.3 Å². The molecular weight excluding hydrogens is 369 g/mol. The highest BCUT2D eigenvalue weighted by Crippen LogP contribution is 2.28. The molecule has 0 aliphatic carbocycles. The Bertz CT molecular complexity index is 986. The third-order valence-corrected chi connectivity index (χ3v) is 4.40. The normalized spacial score (nSPS) is 10.3. The van der Waals surface area contributed by atoms with Crippen LogP contribution in [0.5, 0.6) is 5.75 Å². The van der Waals surface area contributed by atoms with Crippen LogP contribution in [0, 0.1) is 5.82 Å². The van der Waals surface area contributed by atoms with E-state index in [1.807, 2.05) is 0 Å². The molecule has 0 saturated carbocycles. The standard InChI is InChI=1S/C19H16FN3O3S/c1-11(24)21-14-6-3-12(4-7-14)18(25)23-19-22-16(10-27-19)13-5-8-17(26-2)15(20)9-13/h3-10H,1-2H3,(H,21,24)(H,22,23,25). The van der Waals surface area contributed by atoms with Crippen LogP contribution in [0.1, 0.15) is 17.3 Å². The van der Waals surface area contributed by atoms with E-state index in [9.17, 15) is 14.0 Å². The minimum Gasteiger partial charge on any atom is -0.494 e. The number of thiazole rings is 1. The van der Waals surface area contributed by atoms with E-state index in [2.05, 4.69) is 15.6 Å². The number of anilines is 2. The minimum absolute atomic E-state index is 0.158. The van der Waals surface area contributed by atoms with Crippen molar-refractivity contribution in [3.63, 3.8) is 0 Å². The van der Waals surface area contributed by atoms with Gasteiger partial charge < -0.3 is 10.1 Å². The third kappa shape index (κ3) is 4.48. The van der Waals surface area contributed by atoms with E-state index < -0.39 is 5.82 Å². The van der Waals surface area contributed by atoms with E-state index in [4.69, 9.17) is 4.74 Å². The molecule has 138 valence electrons. The number of halogens is 1. The Balaban J connectivity index is 1.70. The first-order valence-electron chi connectivity index (χ1n) is 7.94. The number of carbonyl (C=O) groups excluding carboxylic acids is 2. The van der Waals surface area contributed by atoms with Crippen molar-refractivity contribution >= 4 is 34.0 Å². The molecule has 27 heavy (non-hydrogen) atoms. The van der Waals surface area contributed by atoms with Crippen molar-refractivity contribution in [1.29, 1.82) is 0 Å². The molecule has 0 aliphatic rings. The van der Waals surface area contributed by atoms with Gasteiger partial charge in [0.05, 0.1) is 12.8 Å². The van der Waals surface area contributed by atoms with Crippen molar-refractivity contribution < 1.29 is 18.7 Å². The summed E-state index contributed by atoms with van der Waals surface area (Å²) in [6.45, 7) is 1.41. The van der Waals surface area contributed by atoms with E-state index in [1.54, 1.807) is 35.7 Å². The highest BCUT2D eigenvalue weighted by atomic mass is 32.1. The minimum atomic E-state index is -0.479. The average molecular weight is 385 g/mol. The zero-order valence-electron chi connectivity index (χ0n) is 14.6. The average Bonchev–Trinajstić information content (AvgIpc) is 3.10. The maximum absolute atomic E-state index is 13.8. The van der Waals surface area contributed by atoms with Crippen molar-refractivity contribution in [2.24, 2.45) is 0 Å². The lowest BCUT2D eigenvalue weighted by Crippen LogP contribution is -2.12. The number of nitrogens with zero attached hydrogens (tertiary/aromatic N) is 1. The van der Waals surface area contributed by atoms with Gasteiger partial charge in [-0.1, -0.05) is 0 Å². The van der Waals surface area contributed by atoms with E-state index in [1.165, 1.54) is 37.5 Å². The van der Waals surface area contributed by atoms with Crippen LogP contribution < -0.4 is 15.4 Å². The number of hydrogen-bond acceptors (Lipinski definition) is 5. The quantitative estimate of drug-likeness (QED) is 0.691. The highest BCUT2D eigenvalue weighted by Gasteiger charge is 2.12. The predicted molar refractivity (Wildman–Crippen MR) is 103 cm³/mol. The van der Waals surface area contributed by atoms with Gasteiger partial charge in [0, 0.05) is 29.1 Å². The smallest absolute Gasteiger partial charge is 0.257 e. The maximum atomic E-state index is 13.8. The Morgan fingerprint density at radius 2 is 1.85 bits per heavy atom. The first-order chi connectivity index (χ1) is 13.0. The summed E-state index contributed by atoms with van der Waals surface area (Å²) in [4.78, 5) is 27.7. The molecule has 0 saturated heterocycles. The number of rotatable bonds is 5. The van der Waals surface area contributed by atoms with Gasteiger partial charge in [-0.25, -0.2) is 9.37 Å². The number of aromatic nitrogens is 1. The van der Waals surface area contributed by atoms with Crippen molar-refractivity contribution in [2.45, 2.75) is 6.92 Å². The first-order valence-corrected chi connectivity index (χ1v) is 8.82. The van der Waals surface area contributed by atoms with Gasteiger partial charge in [0.15, 0.2) is 16.7 Å². The second-order valence-corrected chi connectivity index (χ2v) is 6.46. The van der Waals surface area contributed by atoms with Crippen molar-refractivity contribution in [3.8, 4) is 17.0 Å². The molecule has 0 radical (unpaired) electrons. The largest absolute Gasteiger partial charge is 0.494 e. The van der Waals surface area contributed by atoms with Crippen LogP contribution in [0.3, 0.4) is 0 Å². The maximum Gasteiger partial charge on any atom is 0.257 e. The second kappa shape index (κ2) is 7.96. The van der Waals surface area contributed by atoms with Gasteiger partial charge in [0.2, 0.25) is 5.91 Å². The number of ether oxygens (including phenoxy) is 1. The van der Waals surface area contributed by atoms with Crippen molar-refractivity contribution in [2.75, 3.05) is 17.7 Å². The third-order valence-electron chi connectivity index (χ3n) is 3.64. The number of nitrogens with one attached hydrogen (secondary N) is 2. The van der Waals surface area contributed by atoms with Crippen LogP contribution in [-0.4, -0.2) is 23.9 Å². The number of hydrogen-bond donors (Lipinski definition) is 2. The molecule has 2 N–H and O–H groups in total. The van der Waals surface area contributed by atoms with Gasteiger partial charge >= 0.3 is 0 Å². The molecule has 6 nitrogen and oxygen atoms in total. The van der Waals surface area contributed by atoms with Gasteiger partial charge in [0.1, 0.15) is 0 Å². The molecule has 1 heterocycles. The number of benzene rings is 2. The molecule has 2 amide bonds. The number of methoxy groups -OCH3 is 1. The summed E-state index contributed by atoms with van der Waals surface area (Å²) in [5, 5.41) is 7.48. The number of amides is 2. The Morgan fingerprint density at radius 3 is 2.48 bits per heavy atom. The molecular formula is C19H16FN3O3S.